The molecular weight excluding hydrogens is 280 g/mol. The molecule has 0 aliphatic carbocycles. The predicted octanol–water partition coefficient (Wildman–Crippen LogP) is 4.70. The summed E-state index contributed by atoms with van der Waals surface area (Å²) in [6.45, 7) is 2.53. The van der Waals surface area contributed by atoms with Gasteiger partial charge < -0.3 is 4.74 Å². The quantitative estimate of drug-likeness (QED) is 0.590. The van der Waals surface area contributed by atoms with E-state index in [2.05, 4.69) is 0 Å². The van der Waals surface area contributed by atoms with E-state index in [0.717, 1.165) is 11.3 Å². The summed E-state index contributed by atoms with van der Waals surface area (Å²) in [7, 11) is 0. The molecule has 0 spiro atoms. The molecule has 0 saturated carbocycles. The van der Waals surface area contributed by atoms with Gasteiger partial charge in [-0.1, -0.05) is 29.8 Å². The van der Waals surface area contributed by atoms with Crippen molar-refractivity contribution in [3.63, 3.8) is 0 Å². The lowest BCUT2D eigenvalue weighted by Crippen LogP contribution is -1.94. The first-order valence-corrected chi connectivity index (χ1v) is 7.09. The van der Waals surface area contributed by atoms with E-state index in [1.165, 1.54) is 11.3 Å². The van der Waals surface area contributed by atoms with Crippen molar-refractivity contribution in [1.82, 2.24) is 0 Å². The number of halogens is 1. The average Bonchev–Trinajstić information content (AvgIpc) is 2.84. The lowest BCUT2D eigenvalue weighted by molar-refractivity contribution is 0.105. The number of hydrogen-bond acceptors (Lipinski definition) is 3. The lowest BCUT2D eigenvalue weighted by Gasteiger charge is -2.05. The molecule has 0 bridgehead atoms. The Balaban J connectivity index is 2.16. The third-order valence-corrected chi connectivity index (χ3v) is 3.69. The SMILES string of the molecule is CCOc1ccccc1/C=C/C(=O)c1ccc(Cl)s1. The zero-order chi connectivity index (χ0) is 13.7. The van der Waals surface area contributed by atoms with E-state index < -0.39 is 0 Å². The number of thiophene rings is 1. The van der Waals surface area contributed by atoms with Crippen LogP contribution in [0.15, 0.2) is 42.5 Å². The molecule has 1 heterocycles. The van der Waals surface area contributed by atoms with Crippen molar-refractivity contribution in [2.75, 3.05) is 6.61 Å². The lowest BCUT2D eigenvalue weighted by atomic mass is 10.1. The molecular formula is C15H13ClO2S. The second-order valence-electron chi connectivity index (χ2n) is 3.77. The van der Waals surface area contributed by atoms with E-state index in [0.29, 0.717) is 15.8 Å². The third kappa shape index (κ3) is 3.69. The van der Waals surface area contributed by atoms with Gasteiger partial charge in [0, 0.05) is 5.56 Å². The van der Waals surface area contributed by atoms with E-state index in [-0.39, 0.29) is 5.78 Å². The fourth-order valence-electron chi connectivity index (χ4n) is 1.60. The second kappa shape index (κ2) is 6.55. The Hall–Kier alpha value is -1.58. The van der Waals surface area contributed by atoms with Gasteiger partial charge in [0.2, 0.25) is 0 Å². The van der Waals surface area contributed by atoms with E-state index in [9.17, 15) is 4.79 Å². The van der Waals surface area contributed by atoms with Crippen LogP contribution in [0.25, 0.3) is 6.08 Å². The molecule has 0 N–H and O–H groups in total. The summed E-state index contributed by atoms with van der Waals surface area (Å²) in [4.78, 5) is 12.6. The van der Waals surface area contributed by atoms with Crippen molar-refractivity contribution in [3.8, 4) is 5.75 Å². The summed E-state index contributed by atoms with van der Waals surface area (Å²) in [6, 6.07) is 11.1. The van der Waals surface area contributed by atoms with Crippen LogP contribution < -0.4 is 4.74 Å². The maximum atomic E-state index is 11.9. The van der Waals surface area contributed by atoms with E-state index in [1.54, 1.807) is 24.3 Å². The van der Waals surface area contributed by atoms with Gasteiger partial charge in [0.1, 0.15) is 5.75 Å². The number of ketones is 1. The van der Waals surface area contributed by atoms with Crippen molar-refractivity contribution in [1.29, 1.82) is 0 Å². The summed E-state index contributed by atoms with van der Waals surface area (Å²) in [5.41, 5.74) is 0.889. The Labute approximate surface area is 121 Å². The maximum absolute atomic E-state index is 11.9. The summed E-state index contributed by atoms with van der Waals surface area (Å²) in [6.07, 6.45) is 3.31. The van der Waals surface area contributed by atoms with E-state index in [4.69, 9.17) is 16.3 Å². The zero-order valence-electron chi connectivity index (χ0n) is 10.4. The van der Waals surface area contributed by atoms with Crippen LogP contribution >= 0.6 is 22.9 Å². The van der Waals surface area contributed by atoms with E-state index in [1.807, 2.05) is 31.2 Å². The Morgan fingerprint density at radius 3 is 2.79 bits per heavy atom. The van der Waals surface area contributed by atoms with Gasteiger partial charge in [0.25, 0.3) is 0 Å². The normalized spacial score (nSPS) is 10.8. The number of allylic oxidation sites excluding steroid dienone is 1. The van der Waals surface area contributed by atoms with Crippen LogP contribution in [-0.2, 0) is 0 Å². The maximum Gasteiger partial charge on any atom is 0.195 e. The molecule has 0 unspecified atom stereocenters. The molecule has 1 aromatic carbocycles. The smallest absolute Gasteiger partial charge is 0.195 e. The van der Waals surface area contributed by atoms with Gasteiger partial charge in [-0.2, -0.15) is 0 Å². The number of carbonyl (C=O) groups is 1. The van der Waals surface area contributed by atoms with Gasteiger partial charge in [0.15, 0.2) is 5.78 Å². The largest absolute Gasteiger partial charge is 0.493 e. The molecule has 0 fully saturated rings. The number of hydrogen-bond donors (Lipinski definition) is 0. The van der Waals surface area contributed by atoms with Gasteiger partial charge >= 0.3 is 0 Å². The Kier molecular flexibility index (Phi) is 4.77. The van der Waals surface area contributed by atoms with Crippen LogP contribution in [-0.4, -0.2) is 12.4 Å². The fraction of sp³-hybridized carbons (Fsp3) is 0.133. The van der Waals surface area contributed by atoms with Crippen LogP contribution in [0.3, 0.4) is 0 Å². The van der Waals surface area contributed by atoms with Crippen molar-refractivity contribution in [2.24, 2.45) is 0 Å². The standard InChI is InChI=1S/C15H13ClO2S/c1-2-18-13-6-4-3-5-11(13)7-8-12(17)14-9-10-15(16)19-14/h3-10H,2H2,1H3/b8-7+. The number of ether oxygens (including phenoxy) is 1. The molecule has 19 heavy (non-hydrogen) atoms. The Bertz CT molecular complexity index is 602. The summed E-state index contributed by atoms with van der Waals surface area (Å²) in [5.74, 6) is 0.724. The number of carbonyl (C=O) groups excluding carboxylic acids is 1. The fourth-order valence-corrected chi connectivity index (χ4v) is 2.56. The summed E-state index contributed by atoms with van der Waals surface area (Å²) < 4.78 is 6.12. The van der Waals surface area contributed by atoms with Crippen LogP contribution in [0.1, 0.15) is 22.2 Å². The Morgan fingerprint density at radius 1 is 1.32 bits per heavy atom. The van der Waals surface area contributed by atoms with Crippen molar-refractivity contribution in [3.05, 3.63) is 57.3 Å². The highest BCUT2D eigenvalue weighted by Gasteiger charge is 2.05. The highest BCUT2D eigenvalue weighted by Crippen LogP contribution is 2.23. The number of para-hydroxylation sites is 1. The molecule has 0 atom stereocenters. The molecule has 0 amide bonds. The predicted molar refractivity (Wildman–Crippen MR) is 80.3 cm³/mol. The molecule has 0 aliphatic heterocycles. The highest BCUT2D eigenvalue weighted by molar-refractivity contribution is 7.18. The minimum Gasteiger partial charge on any atom is -0.493 e. The molecule has 2 aromatic rings. The highest BCUT2D eigenvalue weighted by atomic mass is 35.5. The summed E-state index contributed by atoms with van der Waals surface area (Å²) in [5, 5.41) is 0. The zero-order valence-corrected chi connectivity index (χ0v) is 12.0. The first-order chi connectivity index (χ1) is 9.20. The van der Waals surface area contributed by atoms with Gasteiger partial charge in [-0.05, 0) is 37.3 Å². The number of benzene rings is 1. The van der Waals surface area contributed by atoms with Gasteiger partial charge in [-0.3, -0.25) is 4.79 Å². The average molecular weight is 293 g/mol. The molecule has 2 nitrogen and oxygen atoms in total. The summed E-state index contributed by atoms with van der Waals surface area (Å²) >= 11 is 7.09. The Morgan fingerprint density at radius 2 is 2.11 bits per heavy atom. The topological polar surface area (TPSA) is 26.3 Å². The van der Waals surface area contributed by atoms with Crippen molar-refractivity contribution in [2.45, 2.75) is 6.92 Å². The molecule has 0 aliphatic rings. The van der Waals surface area contributed by atoms with Crippen LogP contribution in [0.2, 0.25) is 4.34 Å². The second-order valence-corrected chi connectivity index (χ2v) is 5.49. The third-order valence-electron chi connectivity index (χ3n) is 2.45. The minimum atomic E-state index is -0.0526. The first kappa shape index (κ1) is 13.8. The molecule has 98 valence electrons. The van der Waals surface area contributed by atoms with E-state index >= 15 is 0 Å². The molecule has 0 saturated heterocycles. The van der Waals surface area contributed by atoms with Crippen molar-refractivity contribution >= 4 is 34.8 Å². The minimum absolute atomic E-state index is 0.0526. The van der Waals surface area contributed by atoms with Gasteiger partial charge in [-0.15, -0.1) is 11.3 Å². The molecule has 1 aromatic heterocycles. The first-order valence-electron chi connectivity index (χ1n) is 5.90. The van der Waals surface area contributed by atoms with Gasteiger partial charge in [-0.25, -0.2) is 0 Å². The number of rotatable bonds is 5. The molecule has 0 radical (unpaired) electrons. The molecule has 4 heteroatoms. The van der Waals surface area contributed by atoms with Crippen molar-refractivity contribution < 1.29 is 9.53 Å². The van der Waals surface area contributed by atoms with Gasteiger partial charge in [0.05, 0.1) is 15.8 Å². The van der Waals surface area contributed by atoms with Crippen LogP contribution in [0.5, 0.6) is 5.75 Å². The van der Waals surface area contributed by atoms with Crippen LogP contribution in [0, 0.1) is 0 Å². The van der Waals surface area contributed by atoms with Crippen LogP contribution in [0.4, 0.5) is 0 Å². The monoisotopic (exact) mass is 292 g/mol. The molecule has 2 rings (SSSR count).